The van der Waals surface area contributed by atoms with E-state index in [2.05, 4.69) is 9.26 Å². The molecule has 22 heavy (non-hydrogen) atoms. The molecule has 0 aromatic heterocycles. The zero-order valence-corrected chi connectivity index (χ0v) is 14.6. The van der Waals surface area contributed by atoms with Gasteiger partial charge >= 0.3 is 0 Å². The standard InChI is InChI=1S/C15H21ClFN3OS/c1-10(2)14-5-4-11(6-15(14)16)18-22(17,21)20-9-12-7-13(20)8-19(12)3/h4-6,10,12-13H,7-9H2,1-3H3/t12-,13-,22?/m1/s1. The SMILES string of the molecule is CC(C)c1ccc(N=S(=O)(F)N2C[C@H]3C[C@@H]2CN3C)cc1Cl. The van der Waals surface area contributed by atoms with Crippen LogP contribution in [-0.2, 0) is 10.3 Å². The molecule has 2 saturated heterocycles. The fraction of sp³-hybridized carbons (Fsp3) is 0.600. The van der Waals surface area contributed by atoms with Crippen molar-refractivity contribution >= 4 is 27.6 Å². The number of likely N-dealkylation sites (tertiary alicyclic amines) is 1. The molecule has 2 heterocycles. The Labute approximate surface area is 136 Å². The molecule has 2 aliphatic rings. The van der Waals surface area contributed by atoms with Crippen LogP contribution in [0.5, 0.6) is 0 Å². The van der Waals surface area contributed by atoms with E-state index < -0.39 is 10.3 Å². The number of fused-ring (bicyclic) bond motifs is 2. The summed E-state index contributed by atoms with van der Waals surface area (Å²) in [6, 6.07) is 5.37. The Morgan fingerprint density at radius 1 is 1.36 bits per heavy atom. The first-order chi connectivity index (χ1) is 10.3. The maximum atomic E-state index is 14.7. The monoisotopic (exact) mass is 345 g/mol. The van der Waals surface area contributed by atoms with Gasteiger partial charge in [0.25, 0.3) is 10.3 Å². The molecule has 2 aliphatic heterocycles. The summed E-state index contributed by atoms with van der Waals surface area (Å²) in [5.74, 6) is 0.279. The van der Waals surface area contributed by atoms with Gasteiger partial charge in [-0.2, -0.15) is 12.9 Å². The van der Waals surface area contributed by atoms with Gasteiger partial charge in [-0.1, -0.05) is 31.5 Å². The molecular weight excluding hydrogens is 325 g/mol. The number of benzene rings is 1. The van der Waals surface area contributed by atoms with Crippen LogP contribution in [0.1, 0.15) is 31.7 Å². The number of hydrogen-bond donors (Lipinski definition) is 0. The van der Waals surface area contributed by atoms with E-state index in [-0.39, 0.29) is 18.0 Å². The normalized spacial score (nSPS) is 28.3. The van der Waals surface area contributed by atoms with Gasteiger partial charge in [0, 0.05) is 30.2 Å². The molecule has 0 spiro atoms. The lowest BCUT2D eigenvalue weighted by molar-refractivity contribution is 0.217. The molecule has 4 nitrogen and oxygen atoms in total. The molecule has 1 aromatic rings. The molecule has 122 valence electrons. The van der Waals surface area contributed by atoms with Gasteiger partial charge in [0.2, 0.25) is 0 Å². The summed E-state index contributed by atoms with van der Waals surface area (Å²) in [5, 5.41) is 0.536. The minimum Gasteiger partial charge on any atom is -0.300 e. The average molecular weight is 346 g/mol. The number of rotatable bonds is 3. The fourth-order valence-corrected chi connectivity index (χ4v) is 5.08. The summed E-state index contributed by atoms with van der Waals surface area (Å²) < 4.78 is 32.4. The van der Waals surface area contributed by atoms with E-state index in [1.54, 1.807) is 12.1 Å². The Kier molecular flexibility index (Phi) is 4.22. The second kappa shape index (κ2) is 5.74. The van der Waals surface area contributed by atoms with Gasteiger partial charge in [0.1, 0.15) is 0 Å². The molecule has 3 atom stereocenters. The lowest BCUT2D eigenvalue weighted by Gasteiger charge is -2.30. The Balaban J connectivity index is 1.88. The highest BCUT2D eigenvalue weighted by Crippen LogP contribution is 2.35. The molecular formula is C15H21ClFN3OS. The lowest BCUT2D eigenvalue weighted by Crippen LogP contribution is -2.45. The second-order valence-electron chi connectivity index (χ2n) is 6.47. The molecule has 0 N–H and O–H groups in total. The van der Waals surface area contributed by atoms with Crippen LogP contribution in [-0.4, -0.2) is 45.6 Å². The summed E-state index contributed by atoms with van der Waals surface area (Å²) in [5.41, 5.74) is 1.31. The summed E-state index contributed by atoms with van der Waals surface area (Å²) >= 11 is 6.20. The largest absolute Gasteiger partial charge is 0.300 e. The van der Waals surface area contributed by atoms with Crippen molar-refractivity contribution in [3.63, 3.8) is 0 Å². The molecule has 0 saturated carbocycles. The van der Waals surface area contributed by atoms with E-state index in [1.807, 2.05) is 27.0 Å². The lowest BCUT2D eigenvalue weighted by atomic mass is 10.0. The van der Waals surface area contributed by atoms with Crippen molar-refractivity contribution in [2.45, 2.75) is 38.3 Å². The zero-order chi connectivity index (χ0) is 16.1. The second-order valence-corrected chi connectivity index (χ2v) is 8.39. The minimum atomic E-state index is -3.89. The van der Waals surface area contributed by atoms with Crippen LogP contribution in [0.3, 0.4) is 0 Å². The van der Waals surface area contributed by atoms with Gasteiger partial charge in [-0.3, -0.25) is 0 Å². The molecule has 0 radical (unpaired) electrons. The summed E-state index contributed by atoms with van der Waals surface area (Å²) in [6.45, 7) is 5.29. The van der Waals surface area contributed by atoms with Gasteiger partial charge in [0.15, 0.2) is 0 Å². The molecule has 0 aliphatic carbocycles. The Morgan fingerprint density at radius 3 is 2.59 bits per heavy atom. The van der Waals surface area contributed by atoms with E-state index in [1.165, 1.54) is 4.31 Å². The number of likely N-dealkylation sites (N-methyl/N-ethyl adjacent to an activating group) is 1. The summed E-state index contributed by atoms with van der Waals surface area (Å²) in [6.07, 6.45) is 0.861. The van der Waals surface area contributed by atoms with Crippen LogP contribution in [0.4, 0.5) is 9.57 Å². The van der Waals surface area contributed by atoms with Gasteiger partial charge in [-0.25, -0.2) is 0 Å². The van der Waals surface area contributed by atoms with Crippen molar-refractivity contribution in [2.24, 2.45) is 4.36 Å². The molecule has 0 amide bonds. The molecule has 2 fully saturated rings. The third-order valence-corrected chi connectivity index (χ3v) is 6.37. The van der Waals surface area contributed by atoms with Crippen molar-refractivity contribution in [2.75, 3.05) is 20.1 Å². The third-order valence-electron chi connectivity index (χ3n) is 4.58. The smallest absolute Gasteiger partial charge is 0.276 e. The predicted octanol–water partition coefficient (Wildman–Crippen LogP) is 3.75. The first-order valence-electron chi connectivity index (χ1n) is 7.51. The van der Waals surface area contributed by atoms with Crippen LogP contribution in [0.2, 0.25) is 5.02 Å². The van der Waals surface area contributed by atoms with E-state index >= 15 is 0 Å². The Bertz CT molecular complexity index is 700. The van der Waals surface area contributed by atoms with Gasteiger partial charge in [-0.15, -0.1) is 3.89 Å². The van der Waals surface area contributed by atoms with E-state index in [0.29, 0.717) is 17.3 Å². The zero-order valence-electron chi connectivity index (χ0n) is 13.0. The summed E-state index contributed by atoms with van der Waals surface area (Å²) in [4.78, 5) is 2.19. The van der Waals surface area contributed by atoms with Crippen LogP contribution in [0.25, 0.3) is 0 Å². The predicted molar refractivity (Wildman–Crippen MR) is 88.4 cm³/mol. The van der Waals surface area contributed by atoms with Gasteiger partial charge < -0.3 is 4.90 Å². The van der Waals surface area contributed by atoms with E-state index in [4.69, 9.17) is 11.6 Å². The summed E-state index contributed by atoms with van der Waals surface area (Å²) in [7, 11) is -1.88. The highest BCUT2D eigenvalue weighted by atomic mass is 35.5. The molecule has 2 bridgehead atoms. The van der Waals surface area contributed by atoms with Crippen molar-refractivity contribution in [3.05, 3.63) is 28.8 Å². The number of hydrogen-bond acceptors (Lipinski definition) is 3. The molecule has 7 heteroatoms. The average Bonchev–Trinajstić information content (AvgIpc) is 2.97. The quantitative estimate of drug-likeness (QED) is 0.782. The van der Waals surface area contributed by atoms with Crippen LogP contribution in [0, 0.1) is 0 Å². The Hall–Kier alpha value is -0.690. The maximum absolute atomic E-state index is 14.7. The van der Waals surface area contributed by atoms with Crippen LogP contribution in [0.15, 0.2) is 22.6 Å². The number of piperazine rings is 1. The van der Waals surface area contributed by atoms with Crippen LogP contribution >= 0.6 is 11.6 Å². The Morgan fingerprint density at radius 2 is 2.09 bits per heavy atom. The first-order valence-corrected chi connectivity index (χ1v) is 9.26. The number of nitrogens with zero attached hydrogens (tertiary/aromatic N) is 3. The van der Waals surface area contributed by atoms with Crippen LogP contribution < -0.4 is 0 Å². The van der Waals surface area contributed by atoms with Crippen molar-refractivity contribution in [3.8, 4) is 0 Å². The van der Waals surface area contributed by atoms with E-state index in [9.17, 15) is 8.09 Å². The molecule has 3 rings (SSSR count). The highest BCUT2D eigenvalue weighted by Gasteiger charge is 2.46. The van der Waals surface area contributed by atoms with Gasteiger partial charge in [0.05, 0.1) is 5.69 Å². The molecule has 1 aromatic carbocycles. The van der Waals surface area contributed by atoms with E-state index in [0.717, 1.165) is 18.5 Å². The van der Waals surface area contributed by atoms with Gasteiger partial charge in [-0.05, 0) is 37.1 Å². The minimum absolute atomic E-state index is 0.0124. The third kappa shape index (κ3) is 2.89. The van der Waals surface area contributed by atoms with Crippen molar-refractivity contribution in [1.82, 2.24) is 9.21 Å². The highest BCUT2D eigenvalue weighted by molar-refractivity contribution is 7.86. The van der Waals surface area contributed by atoms with Crippen molar-refractivity contribution in [1.29, 1.82) is 0 Å². The molecule has 1 unspecified atom stereocenters. The maximum Gasteiger partial charge on any atom is 0.276 e. The first kappa shape index (κ1) is 16.2. The number of halogens is 2. The topological polar surface area (TPSA) is 35.9 Å². The fourth-order valence-electron chi connectivity index (χ4n) is 3.33. The van der Waals surface area contributed by atoms with Crippen molar-refractivity contribution < 1.29 is 8.09 Å².